The van der Waals surface area contributed by atoms with Crippen LogP contribution in [-0.4, -0.2) is 39.5 Å². The first-order chi connectivity index (χ1) is 10.5. The topological polar surface area (TPSA) is 111 Å². The maximum atomic E-state index is 12.2. The van der Waals surface area contributed by atoms with Gasteiger partial charge in [0.05, 0.1) is 23.6 Å². The number of rotatable bonds is 5. The molecule has 2 N–H and O–H groups in total. The summed E-state index contributed by atoms with van der Waals surface area (Å²) in [7, 11) is -3.68. The van der Waals surface area contributed by atoms with E-state index in [0.717, 1.165) is 6.42 Å². The molecule has 1 aromatic carbocycles. The van der Waals surface area contributed by atoms with Crippen LogP contribution in [0.5, 0.6) is 0 Å². The lowest BCUT2D eigenvalue weighted by molar-refractivity contribution is -0.180. The van der Waals surface area contributed by atoms with Crippen LogP contribution in [0.3, 0.4) is 0 Å². The summed E-state index contributed by atoms with van der Waals surface area (Å²) in [6, 6.07) is 4.20. The van der Waals surface area contributed by atoms with E-state index >= 15 is 0 Å². The number of benzene rings is 1. The van der Waals surface area contributed by atoms with Crippen molar-refractivity contribution in [2.45, 2.75) is 24.0 Å². The molecule has 1 fully saturated rings. The Kier molecular flexibility index (Phi) is 4.30. The number of aromatic amines is 1. The zero-order valence-electron chi connectivity index (χ0n) is 11.7. The van der Waals surface area contributed by atoms with Crippen molar-refractivity contribution in [3.8, 4) is 0 Å². The van der Waals surface area contributed by atoms with Crippen molar-refractivity contribution >= 4 is 21.1 Å². The minimum atomic E-state index is -3.68. The number of H-pyrrole nitrogens is 1. The van der Waals surface area contributed by atoms with Crippen molar-refractivity contribution in [2.24, 2.45) is 0 Å². The number of hydrogen-bond donors (Lipinski definition) is 2. The van der Waals surface area contributed by atoms with Crippen LogP contribution in [0.25, 0.3) is 11.1 Å². The number of hydrogen-bond acceptors (Lipinski definition) is 6. The van der Waals surface area contributed by atoms with Crippen LogP contribution >= 0.6 is 0 Å². The Morgan fingerprint density at radius 3 is 2.82 bits per heavy atom. The molecular weight excluding hydrogens is 312 g/mol. The van der Waals surface area contributed by atoms with Crippen molar-refractivity contribution in [1.82, 2.24) is 9.71 Å². The molecule has 2 heterocycles. The summed E-state index contributed by atoms with van der Waals surface area (Å²) >= 11 is 0. The molecule has 9 heteroatoms. The third kappa shape index (κ3) is 3.38. The van der Waals surface area contributed by atoms with Crippen LogP contribution in [0.4, 0.5) is 0 Å². The highest BCUT2D eigenvalue weighted by Crippen LogP contribution is 2.16. The number of oxazole rings is 1. The number of fused-ring (bicyclic) bond motifs is 1. The lowest BCUT2D eigenvalue weighted by Gasteiger charge is -2.23. The lowest BCUT2D eigenvalue weighted by Crippen LogP contribution is -2.31. The number of sulfonamides is 1. The fraction of sp³-hybridized carbons (Fsp3) is 0.462. The van der Waals surface area contributed by atoms with E-state index in [0.29, 0.717) is 25.2 Å². The molecule has 0 atom stereocenters. The minimum Gasteiger partial charge on any atom is -0.408 e. The molecule has 0 aliphatic carbocycles. The fourth-order valence-electron chi connectivity index (χ4n) is 2.19. The highest BCUT2D eigenvalue weighted by atomic mass is 32.2. The second-order valence-electron chi connectivity index (χ2n) is 4.88. The maximum absolute atomic E-state index is 12.2. The summed E-state index contributed by atoms with van der Waals surface area (Å²) in [6.45, 7) is 1.45. The molecule has 2 aromatic rings. The normalized spacial score (nSPS) is 17.1. The molecule has 3 rings (SSSR count). The third-order valence-electron chi connectivity index (χ3n) is 3.27. The first-order valence-corrected chi connectivity index (χ1v) is 8.39. The SMILES string of the molecule is O=c1[nH]c2ccc(S(=O)(=O)NCCC3OCCCO3)cc2o1. The zero-order chi connectivity index (χ0) is 15.6. The van der Waals surface area contributed by atoms with Crippen molar-refractivity contribution in [2.75, 3.05) is 19.8 Å². The Labute approximate surface area is 126 Å². The molecule has 1 aliphatic heterocycles. The van der Waals surface area contributed by atoms with Gasteiger partial charge in [-0.25, -0.2) is 17.9 Å². The third-order valence-corrected chi connectivity index (χ3v) is 4.73. The second-order valence-corrected chi connectivity index (χ2v) is 6.65. The van der Waals surface area contributed by atoms with E-state index in [4.69, 9.17) is 13.9 Å². The van der Waals surface area contributed by atoms with Crippen LogP contribution in [0, 0.1) is 0 Å². The van der Waals surface area contributed by atoms with Gasteiger partial charge in [0.15, 0.2) is 11.9 Å². The molecule has 0 radical (unpaired) electrons. The summed E-state index contributed by atoms with van der Waals surface area (Å²) in [5.41, 5.74) is 0.653. The van der Waals surface area contributed by atoms with Crippen LogP contribution in [-0.2, 0) is 19.5 Å². The van der Waals surface area contributed by atoms with E-state index in [9.17, 15) is 13.2 Å². The second kappa shape index (κ2) is 6.21. The van der Waals surface area contributed by atoms with Gasteiger partial charge in [-0.05, 0) is 18.6 Å². The van der Waals surface area contributed by atoms with E-state index in [1.54, 1.807) is 0 Å². The van der Waals surface area contributed by atoms with Gasteiger partial charge < -0.3 is 13.9 Å². The van der Waals surface area contributed by atoms with Gasteiger partial charge in [0.1, 0.15) is 0 Å². The molecule has 22 heavy (non-hydrogen) atoms. The fourth-order valence-corrected chi connectivity index (χ4v) is 3.25. The van der Waals surface area contributed by atoms with Crippen molar-refractivity contribution in [3.63, 3.8) is 0 Å². The van der Waals surface area contributed by atoms with Gasteiger partial charge in [0.25, 0.3) is 0 Å². The van der Waals surface area contributed by atoms with Crippen LogP contribution in [0.1, 0.15) is 12.8 Å². The van der Waals surface area contributed by atoms with Gasteiger partial charge in [-0.15, -0.1) is 0 Å². The van der Waals surface area contributed by atoms with E-state index in [2.05, 4.69) is 9.71 Å². The Bertz CT molecular complexity index is 803. The molecule has 8 nitrogen and oxygen atoms in total. The predicted molar refractivity (Wildman–Crippen MR) is 76.9 cm³/mol. The minimum absolute atomic E-state index is 0.0354. The monoisotopic (exact) mass is 328 g/mol. The highest BCUT2D eigenvalue weighted by Gasteiger charge is 2.18. The molecule has 0 unspecified atom stereocenters. The predicted octanol–water partition coefficient (Wildman–Crippen LogP) is 0.552. The zero-order valence-corrected chi connectivity index (χ0v) is 12.5. The Hall–Kier alpha value is -1.68. The van der Waals surface area contributed by atoms with Crippen LogP contribution in [0.15, 0.2) is 32.3 Å². The van der Waals surface area contributed by atoms with Crippen molar-refractivity contribution in [3.05, 3.63) is 28.7 Å². The summed E-state index contributed by atoms with van der Waals surface area (Å²) in [6.07, 6.45) is 0.909. The number of aromatic nitrogens is 1. The maximum Gasteiger partial charge on any atom is 0.417 e. The molecular formula is C13H16N2O6S. The molecule has 0 spiro atoms. The van der Waals surface area contributed by atoms with Gasteiger partial charge >= 0.3 is 5.76 Å². The molecule has 0 saturated carbocycles. The van der Waals surface area contributed by atoms with Gasteiger partial charge in [0.2, 0.25) is 10.0 Å². The Balaban J connectivity index is 1.66. The van der Waals surface area contributed by atoms with Gasteiger partial charge in [0, 0.05) is 19.0 Å². The van der Waals surface area contributed by atoms with Crippen molar-refractivity contribution in [1.29, 1.82) is 0 Å². The summed E-state index contributed by atoms with van der Waals surface area (Å²) in [4.78, 5) is 13.6. The van der Waals surface area contributed by atoms with E-state index in [-0.39, 0.29) is 23.3 Å². The van der Waals surface area contributed by atoms with Gasteiger partial charge in [-0.3, -0.25) is 4.98 Å². The quantitative estimate of drug-likeness (QED) is 0.829. The Morgan fingerprint density at radius 1 is 1.27 bits per heavy atom. The van der Waals surface area contributed by atoms with Gasteiger partial charge in [-0.2, -0.15) is 0 Å². The number of nitrogens with one attached hydrogen (secondary N) is 2. The van der Waals surface area contributed by atoms with Gasteiger partial charge in [-0.1, -0.05) is 0 Å². The summed E-state index contributed by atoms with van der Waals surface area (Å²) < 4.78 is 42.4. The average Bonchev–Trinajstić information content (AvgIpc) is 2.87. The molecule has 0 amide bonds. The largest absolute Gasteiger partial charge is 0.417 e. The highest BCUT2D eigenvalue weighted by molar-refractivity contribution is 7.89. The average molecular weight is 328 g/mol. The first kappa shape index (κ1) is 15.2. The Morgan fingerprint density at radius 2 is 2.05 bits per heavy atom. The van der Waals surface area contributed by atoms with E-state index in [1.807, 2.05) is 0 Å². The lowest BCUT2D eigenvalue weighted by atomic mass is 10.3. The first-order valence-electron chi connectivity index (χ1n) is 6.90. The molecule has 1 aliphatic rings. The van der Waals surface area contributed by atoms with Crippen LogP contribution < -0.4 is 10.5 Å². The molecule has 0 bridgehead atoms. The van der Waals surface area contributed by atoms with E-state index in [1.165, 1.54) is 18.2 Å². The molecule has 120 valence electrons. The summed E-state index contributed by atoms with van der Waals surface area (Å²) in [5.74, 6) is -0.621. The standard InChI is InChI=1S/C13H16N2O6S/c16-13-15-10-3-2-9(8-11(10)21-13)22(17,18)14-5-4-12-19-6-1-7-20-12/h2-3,8,12,14H,1,4-7H2,(H,15,16). The summed E-state index contributed by atoms with van der Waals surface area (Å²) in [5, 5.41) is 0. The number of ether oxygens (including phenoxy) is 2. The van der Waals surface area contributed by atoms with Crippen LogP contribution in [0.2, 0.25) is 0 Å². The van der Waals surface area contributed by atoms with E-state index < -0.39 is 15.8 Å². The van der Waals surface area contributed by atoms with Crippen molar-refractivity contribution < 1.29 is 22.3 Å². The smallest absolute Gasteiger partial charge is 0.408 e. The molecule has 1 saturated heterocycles. The molecule has 1 aromatic heterocycles.